The fourth-order valence-corrected chi connectivity index (χ4v) is 3.01. The lowest BCUT2D eigenvalue weighted by Gasteiger charge is -2.07. The molecule has 0 fully saturated rings. The standard InChI is InChI=1S/C11H14BrN5O2S/c1-13-4-5-17-8-9(6-15-17)20(18,19)16-11-2-3-14-7-10(11)12/h2-3,6-8,13H,4-5H2,1H3,(H,14,16). The van der Waals surface area contributed by atoms with Crippen molar-refractivity contribution in [2.45, 2.75) is 11.4 Å². The van der Waals surface area contributed by atoms with Crippen LogP contribution in [0.4, 0.5) is 5.69 Å². The minimum Gasteiger partial charge on any atom is -0.318 e. The van der Waals surface area contributed by atoms with Crippen molar-refractivity contribution in [1.29, 1.82) is 0 Å². The maximum atomic E-state index is 12.2. The molecule has 0 atom stereocenters. The van der Waals surface area contributed by atoms with Crippen LogP contribution >= 0.6 is 15.9 Å². The second kappa shape index (κ2) is 6.33. The molecule has 2 aromatic heterocycles. The molecule has 0 aliphatic heterocycles. The number of sulfonamides is 1. The molecule has 0 aromatic carbocycles. The number of anilines is 1. The molecular weight excluding hydrogens is 346 g/mol. The Labute approximate surface area is 125 Å². The summed E-state index contributed by atoms with van der Waals surface area (Å²) in [6.07, 6.45) is 5.86. The summed E-state index contributed by atoms with van der Waals surface area (Å²) in [7, 11) is -1.83. The van der Waals surface area contributed by atoms with Gasteiger partial charge in [-0.25, -0.2) is 8.42 Å². The van der Waals surface area contributed by atoms with E-state index >= 15 is 0 Å². The van der Waals surface area contributed by atoms with E-state index in [4.69, 9.17) is 0 Å². The smallest absolute Gasteiger partial charge is 0.265 e. The van der Waals surface area contributed by atoms with Crippen molar-refractivity contribution in [3.8, 4) is 0 Å². The molecule has 7 nitrogen and oxygen atoms in total. The highest BCUT2D eigenvalue weighted by molar-refractivity contribution is 9.10. The monoisotopic (exact) mass is 359 g/mol. The fourth-order valence-electron chi connectivity index (χ4n) is 1.49. The van der Waals surface area contributed by atoms with Crippen LogP contribution in [0.3, 0.4) is 0 Å². The Bertz CT molecular complexity index is 686. The van der Waals surface area contributed by atoms with Crippen LogP contribution < -0.4 is 10.0 Å². The van der Waals surface area contributed by atoms with Gasteiger partial charge in [0.25, 0.3) is 10.0 Å². The number of aromatic nitrogens is 3. The summed E-state index contributed by atoms with van der Waals surface area (Å²) >= 11 is 3.24. The van der Waals surface area contributed by atoms with Crippen LogP contribution in [0.2, 0.25) is 0 Å². The number of pyridine rings is 1. The van der Waals surface area contributed by atoms with Crippen LogP contribution in [0.25, 0.3) is 0 Å². The first-order chi connectivity index (χ1) is 9.53. The zero-order chi connectivity index (χ0) is 14.6. The molecule has 0 spiro atoms. The first-order valence-electron chi connectivity index (χ1n) is 5.82. The van der Waals surface area contributed by atoms with Gasteiger partial charge in [-0.1, -0.05) is 0 Å². The molecule has 2 aromatic rings. The SMILES string of the molecule is CNCCn1cc(S(=O)(=O)Nc2ccncc2Br)cn1. The average Bonchev–Trinajstić information content (AvgIpc) is 2.88. The highest BCUT2D eigenvalue weighted by atomic mass is 79.9. The molecule has 0 saturated heterocycles. The van der Waals surface area contributed by atoms with Crippen LogP contribution in [-0.4, -0.2) is 36.8 Å². The molecule has 108 valence electrons. The third kappa shape index (κ3) is 3.56. The van der Waals surface area contributed by atoms with Crippen LogP contribution in [0.5, 0.6) is 0 Å². The van der Waals surface area contributed by atoms with Crippen molar-refractivity contribution in [3.63, 3.8) is 0 Å². The summed E-state index contributed by atoms with van der Waals surface area (Å²) in [5.74, 6) is 0. The minimum atomic E-state index is -3.65. The molecule has 2 rings (SSSR count). The van der Waals surface area contributed by atoms with Gasteiger partial charge >= 0.3 is 0 Å². The fraction of sp³-hybridized carbons (Fsp3) is 0.273. The van der Waals surface area contributed by atoms with Gasteiger partial charge in [0.1, 0.15) is 4.90 Å². The molecule has 0 amide bonds. The Kier molecular flexibility index (Phi) is 4.73. The number of nitrogens with zero attached hydrogens (tertiary/aromatic N) is 3. The second-order valence-corrected chi connectivity index (χ2v) is 6.54. The number of rotatable bonds is 6. The molecule has 2 N–H and O–H groups in total. The van der Waals surface area contributed by atoms with Gasteiger partial charge in [-0.15, -0.1) is 0 Å². The molecule has 0 aliphatic carbocycles. The third-order valence-electron chi connectivity index (χ3n) is 2.53. The van der Waals surface area contributed by atoms with Gasteiger partial charge in [0.05, 0.1) is 22.9 Å². The highest BCUT2D eigenvalue weighted by Crippen LogP contribution is 2.23. The zero-order valence-electron chi connectivity index (χ0n) is 10.7. The summed E-state index contributed by atoms with van der Waals surface area (Å²) in [6, 6.07) is 1.58. The largest absolute Gasteiger partial charge is 0.318 e. The van der Waals surface area contributed by atoms with E-state index in [1.54, 1.807) is 10.7 Å². The van der Waals surface area contributed by atoms with Gasteiger partial charge in [-0.3, -0.25) is 14.4 Å². The van der Waals surface area contributed by atoms with Crippen molar-refractivity contribution in [1.82, 2.24) is 20.1 Å². The molecule has 9 heteroatoms. The van der Waals surface area contributed by atoms with Gasteiger partial charge < -0.3 is 5.32 Å². The van der Waals surface area contributed by atoms with E-state index in [9.17, 15) is 8.42 Å². The summed E-state index contributed by atoms with van der Waals surface area (Å²) in [5, 5.41) is 6.99. The number of halogens is 1. The molecule has 0 unspecified atom stereocenters. The van der Waals surface area contributed by atoms with Crippen molar-refractivity contribution in [2.75, 3.05) is 18.3 Å². The van der Waals surface area contributed by atoms with Gasteiger partial charge in [0.15, 0.2) is 0 Å². The lowest BCUT2D eigenvalue weighted by atomic mass is 10.4. The van der Waals surface area contributed by atoms with Crippen LogP contribution in [0, 0.1) is 0 Å². The lowest BCUT2D eigenvalue weighted by molar-refractivity contribution is 0.582. The van der Waals surface area contributed by atoms with E-state index in [0.717, 1.165) is 0 Å². The molecule has 0 bridgehead atoms. The maximum absolute atomic E-state index is 12.2. The van der Waals surface area contributed by atoms with Gasteiger partial charge in [0.2, 0.25) is 0 Å². The third-order valence-corrected chi connectivity index (χ3v) is 4.48. The van der Waals surface area contributed by atoms with Crippen molar-refractivity contribution >= 4 is 31.6 Å². The van der Waals surface area contributed by atoms with Crippen molar-refractivity contribution in [3.05, 3.63) is 35.3 Å². The number of hydrogen-bond acceptors (Lipinski definition) is 5. The van der Waals surface area contributed by atoms with E-state index < -0.39 is 10.0 Å². The number of hydrogen-bond donors (Lipinski definition) is 2. The van der Waals surface area contributed by atoms with Crippen molar-refractivity contribution < 1.29 is 8.42 Å². The Hall–Kier alpha value is -1.45. The Morgan fingerprint density at radius 1 is 1.40 bits per heavy atom. The highest BCUT2D eigenvalue weighted by Gasteiger charge is 2.17. The molecule has 20 heavy (non-hydrogen) atoms. The summed E-state index contributed by atoms with van der Waals surface area (Å²) in [5.41, 5.74) is 0.433. The summed E-state index contributed by atoms with van der Waals surface area (Å²) < 4.78 is 29.1. The Morgan fingerprint density at radius 2 is 2.20 bits per heavy atom. The minimum absolute atomic E-state index is 0.123. The molecular formula is C11H14BrN5O2S. The second-order valence-electron chi connectivity index (χ2n) is 4.00. The Morgan fingerprint density at radius 3 is 2.90 bits per heavy atom. The quantitative estimate of drug-likeness (QED) is 0.804. The van der Waals surface area contributed by atoms with Crippen LogP contribution in [0.1, 0.15) is 0 Å². The maximum Gasteiger partial charge on any atom is 0.265 e. The van der Waals surface area contributed by atoms with Gasteiger partial charge in [-0.2, -0.15) is 5.10 Å². The van der Waals surface area contributed by atoms with Gasteiger partial charge in [0, 0.05) is 25.1 Å². The van der Waals surface area contributed by atoms with E-state index in [-0.39, 0.29) is 4.90 Å². The van der Waals surface area contributed by atoms with Crippen LogP contribution in [-0.2, 0) is 16.6 Å². The van der Waals surface area contributed by atoms with E-state index in [0.29, 0.717) is 23.2 Å². The molecule has 2 heterocycles. The normalized spacial score (nSPS) is 11.5. The average molecular weight is 360 g/mol. The molecule has 0 radical (unpaired) electrons. The Balaban J connectivity index is 2.18. The van der Waals surface area contributed by atoms with Crippen molar-refractivity contribution in [2.24, 2.45) is 0 Å². The number of nitrogens with one attached hydrogen (secondary N) is 2. The van der Waals surface area contributed by atoms with Gasteiger partial charge in [-0.05, 0) is 29.0 Å². The first-order valence-corrected chi connectivity index (χ1v) is 8.10. The topological polar surface area (TPSA) is 88.9 Å². The predicted octanol–water partition coefficient (Wildman–Crippen LogP) is 1.06. The van der Waals surface area contributed by atoms with E-state index in [2.05, 4.69) is 36.1 Å². The summed E-state index contributed by atoms with van der Waals surface area (Å²) in [4.78, 5) is 4.00. The lowest BCUT2D eigenvalue weighted by Crippen LogP contribution is -2.15. The molecule has 0 saturated carbocycles. The van der Waals surface area contributed by atoms with E-state index in [1.165, 1.54) is 24.8 Å². The molecule has 0 aliphatic rings. The van der Waals surface area contributed by atoms with Crippen LogP contribution in [0.15, 0.2) is 40.2 Å². The first kappa shape index (κ1) is 14.9. The summed E-state index contributed by atoms with van der Waals surface area (Å²) in [6.45, 7) is 1.31. The number of likely N-dealkylation sites (N-methyl/N-ethyl adjacent to an activating group) is 1. The zero-order valence-corrected chi connectivity index (χ0v) is 13.1. The van der Waals surface area contributed by atoms with E-state index in [1.807, 2.05) is 7.05 Å². The predicted molar refractivity (Wildman–Crippen MR) is 78.9 cm³/mol.